The van der Waals surface area contributed by atoms with E-state index in [0.717, 1.165) is 12.2 Å². The third kappa shape index (κ3) is 1.67. The molecule has 1 aromatic rings. The first-order chi connectivity index (χ1) is 6.81. The molecule has 1 aliphatic rings. The van der Waals surface area contributed by atoms with Crippen LogP contribution in [-0.4, -0.2) is 6.10 Å². The van der Waals surface area contributed by atoms with Gasteiger partial charge in [-0.1, -0.05) is 37.3 Å². The molecule has 0 aromatic heterocycles. The van der Waals surface area contributed by atoms with Crippen molar-refractivity contribution in [3.8, 4) is 0 Å². The molecule has 0 aliphatic carbocycles. The van der Waals surface area contributed by atoms with Crippen molar-refractivity contribution in [2.45, 2.75) is 32.3 Å². The highest BCUT2D eigenvalue weighted by molar-refractivity contribution is 5.28. The average Bonchev–Trinajstić information content (AvgIpc) is 2.61. The Bertz CT molecular complexity index is 326. The Balaban J connectivity index is 2.25. The summed E-state index contributed by atoms with van der Waals surface area (Å²) in [5.41, 5.74) is 1.36. The van der Waals surface area contributed by atoms with Crippen molar-refractivity contribution < 1.29 is 4.74 Å². The summed E-state index contributed by atoms with van der Waals surface area (Å²) in [7, 11) is 0. The van der Waals surface area contributed by atoms with Gasteiger partial charge in [0.05, 0.1) is 5.76 Å². The van der Waals surface area contributed by atoms with E-state index in [0.29, 0.717) is 12.0 Å². The Morgan fingerprint density at radius 3 is 2.57 bits per heavy atom. The maximum atomic E-state index is 5.74. The first kappa shape index (κ1) is 9.32. The molecule has 1 heterocycles. The van der Waals surface area contributed by atoms with Gasteiger partial charge in [-0.3, -0.25) is 0 Å². The fourth-order valence-electron chi connectivity index (χ4n) is 2.03. The van der Waals surface area contributed by atoms with Gasteiger partial charge in [0.25, 0.3) is 0 Å². The van der Waals surface area contributed by atoms with Crippen molar-refractivity contribution in [2.75, 3.05) is 0 Å². The van der Waals surface area contributed by atoms with Crippen molar-refractivity contribution >= 4 is 0 Å². The SMILES string of the molecule is CCC1OC(C)=CC1c1ccccc1. The van der Waals surface area contributed by atoms with Crippen LogP contribution >= 0.6 is 0 Å². The van der Waals surface area contributed by atoms with E-state index in [4.69, 9.17) is 4.74 Å². The van der Waals surface area contributed by atoms with Crippen LogP contribution in [0, 0.1) is 0 Å². The fraction of sp³-hybridized carbons (Fsp3) is 0.385. The average molecular weight is 188 g/mol. The summed E-state index contributed by atoms with van der Waals surface area (Å²) >= 11 is 0. The zero-order chi connectivity index (χ0) is 9.97. The highest BCUT2D eigenvalue weighted by Crippen LogP contribution is 2.33. The van der Waals surface area contributed by atoms with E-state index in [1.165, 1.54) is 5.56 Å². The molecule has 0 bridgehead atoms. The quantitative estimate of drug-likeness (QED) is 0.690. The summed E-state index contributed by atoms with van der Waals surface area (Å²) in [6, 6.07) is 10.6. The van der Waals surface area contributed by atoms with Crippen LogP contribution in [0.4, 0.5) is 0 Å². The second-order valence-corrected chi connectivity index (χ2v) is 3.78. The van der Waals surface area contributed by atoms with Crippen molar-refractivity contribution in [3.63, 3.8) is 0 Å². The molecule has 2 atom stereocenters. The number of ether oxygens (including phenoxy) is 1. The molecule has 0 spiro atoms. The Morgan fingerprint density at radius 1 is 1.21 bits per heavy atom. The minimum Gasteiger partial charge on any atom is -0.494 e. The predicted molar refractivity (Wildman–Crippen MR) is 58.1 cm³/mol. The lowest BCUT2D eigenvalue weighted by atomic mass is 9.93. The van der Waals surface area contributed by atoms with Crippen LogP contribution in [0.5, 0.6) is 0 Å². The molecule has 0 saturated carbocycles. The Kier molecular flexibility index (Phi) is 2.58. The Morgan fingerprint density at radius 2 is 1.93 bits per heavy atom. The lowest BCUT2D eigenvalue weighted by Crippen LogP contribution is -2.13. The molecule has 1 heteroatoms. The van der Waals surface area contributed by atoms with E-state index >= 15 is 0 Å². The monoisotopic (exact) mass is 188 g/mol. The normalized spacial score (nSPS) is 25.7. The van der Waals surface area contributed by atoms with Gasteiger partial charge < -0.3 is 4.74 Å². The second kappa shape index (κ2) is 3.87. The molecule has 2 unspecified atom stereocenters. The summed E-state index contributed by atoms with van der Waals surface area (Å²) in [6.45, 7) is 4.21. The molecule has 1 nitrogen and oxygen atoms in total. The number of allylic oxidation sites excluding steroid dienone is 1. The van der Waals surface area contributed by atoms with Crippen molar-refractivity contribution in [1.29, 1.82) is 0 Å². The van der Waals surface area contributed by atoms with Crippen LogP contribution in [-0.2, 0) is 4.74 Å². The van der Waals surface area contributed by atoms with Gasteiger partial charge in [0, 0.05) is 5.92 Å². The topological polar surface area (TPSA) is 9.23 Å². The lowest BCUT2D eigenvalue weighted by molar-refractivity contribution is 0.129. The van der Waals surface area contributed by atoms with E-state index < -0.39 is 0 Å². The van der Waals surface area contributed by atoms with E-state index in [2.05, 4.69) is 43.3 Å². The number of rotatable bonds is 2. The van der Waals surface area contributed by atoms with Gasteiger partial charge in [0.15, 0.2) is 0 Å². The zero-order valence-corrected chi connectivity index (χ0v) is 8.73. The molecule has 0 saturated heterocycles. The summed E-state index contributed by atoms with van der Waals surface area (Å²) in [6.07, 6.45) is 3.62. The molecule has 1 aromatic carbocycles. The van der Waals surface area contributed by atoms with Gasteiger partial charge in [0.2, 0.25) is 0 Å². The predicted octanol–water partition coefficient (Wildman–Crippen LogP) is 3.48. The molecule has 0 fully saturated rings. The molecular weight excluding hydrogens is 172 g/mol. The van der Waals surface area contributed by atoms with Crippen molar-refractivity contribution in [3.05, 3.63) is 47.7 Å². The third-order valence-electron chi connectivity index (χ3n) is 2.74. The van der Waals surface area contributed by atoms with E-state index in [1.54, 1.807) is 0 Å². The molecule has 1 aliphatic heterocycles. The van der Waals surface area contributed by atoms with Crippen LogP contribution in [0.25, 0.3) is 0 Å². The van der Waals surface area contributed by atoms with E-state index in [-0.39, 0.29) is 0 Å². The first-order valence-corrected chi connectivity index (χ1v) is 5.21. The molecule has 0 radical (unpaired) electrons. The van der Waals surface area contributed by atoms with E-state index in [1.807, 2.05) is 6.92 Å². The molecular formula is C13H16O. The zero-order valence-electron chi connectivity index (χ0n) is 8.73. The fourth-order valence-corrected chi connectivity index (χ4v) is 2.03. The van der Waals surface area contributed by atoms with Crippen LogP contribution in [0.15, 0.2) is 42.2 Å². The third-order valence-corrected chi connectivity index (χ3v) is 2.74. The maximum absolute atomic E-state index is 5.74. The van der Waals surface area contributed by atoms with Gasteiger partial charge >= 0.3 is 0 Å². The standard InChI is InChI=1S/C13H16O/c1-3-13-12(9-10(2)14-13)11-7-5-4-6-8-11/h4-9,12-13H,3H2,1-2H3. The van der Waals surface area contributed by atoms with Gasteiger partial charge in [-0.2, -0.15) is 0 Å². The number of hydrogen-bond acceptors (Lipinski definition) is 1. The van der Waals surface area contributed by atoms with Gasteiger partial charge in [-0.05, 0) is 25.0 Å². The van der Waals surface area contributed by atoms with E-state index in [9.17, 15) is 0 Å². The summed E-state index contributed by atoms with van der Waals surface area (Å²) < 4.78 is 5.74. The highest BCUT2D eigenvalue weighted by atomic mass is 16.5. The van der Waals surface area contributed by atoms with Crippen molar-refractivity contribution in [1.82, 2.24) is 0 Å². The molecule has 2 rings (SSSR count). The van der Waals surface area contributed by atoms with Crippen LogP contribution in [0.2, 0.25) is 0 Å². The van der Waals surface area contributed by atoms with Crippen molar-refractivity contribution in [2.24, 2.45) is 0 Å². The van der Waals surface area contributed by atoms with Crippen LogP contribution in [0.1, 0.15) is 31.7 Å². The smallest absolute Gasteiger partial charge is 0.108 e. The first-order valence-electron chi connectivity index (χ1n) is 5.21. The Hall–Kier alpha value is -1.24. The summed E-state index contributed by atoms with van der Waals surface area (Å²) in [4.78, 5) is 0. The minimum atomic E-state index is 0.331. The minimum absolute atomic E-state index is 0.331. The van der Waals surface area contributed by atoms with Gasteiger partial charge in [0.1, 0.15) is 6.10 Å². The molecule has 0 N–H and O–H groups in total. The summed E-state index contributed by atoms with van der Waals surface area (Å²) in [5.74, 6) is 1.51. The number of hydrogen-bond donors (Lipinski definition) is 0. The summed E-state index contributed by atoms with van der Waals surface area (Å²) in [5, 5.41) is 0. The number of benzene rings is 1. The van der Waals surface area contributed by atoms with Crippen LogP contribution in [0.3, 0.4) is 0 Å². The second-order valence-electron chi connectivity index (χ2n) is 3.78. The van der Waals surface area contributed by atoms with Gasteiger partial charge in [-0.25, -0.2) is 0 Å². The molecule has 74 valence electrons. The molecule has 0 amide bonds. The molecule has 14 heavy (non-hydrogen) atoms. The largest absolute Gasteiger partial charge is 0.494 e. The maximum Gasteiger partial charge on any atom is 0.108 e. The Labute approximate surface area is 85.4 Å². The van der Waals surface area contributed by atoms with Gasteiger partial charge in [-0.15, -0.1) is 0 Å². The van der Waals surface area contributed by atoms with Crippen LogP contribution < -0.4 is 0 Å². The lowest BCUT2D eigenvalue weighted by Gasteiger charge is -2.17. The highest BCUT2D eigenvalue weighted by Gasteiger charge is 2.26.